The molecule has 0 radical (unpaired) electrons. The predicted octanol–water partition coefficient (Wildman–Crippen LogP) is 10.3. The SMILES string of the molecule is [O-]c1ccccc1-c1nc2ccccc2o1.[O-]c1ccccc1-c1nc2ccccc2o1.[O-]c1ccccc1-c1nc2ccccc2o1.[O-]c1ccccc1-c1nc2ccccc2o1.[Zr+4]. The van der Waals surface area contributed by atoms with Crippen LogP contribution in [0.5, 0.6) is 23.0 Å². The first kappa shape index (κ1) is 43.4. The molecule has 0 N–H and O–H groups in total. The Labute approximate surface area is 389 Å². The summed E-state index contributed by atoms with van der Waals surface area (Å²) in [7, 11) is 0. The van der Waals surface area contributed by atoms with Crippen LogP contribution in [-0.2, 0) is 26.2 Å². The van der Waals surface area contributed by atoms with Crippen molar-refractivity contribution in [2.45, 2.75) is 0 Å². The number of nitrogens with zero attached hydrogens (tertiary/aromatic N) is 4. The molecule has 12 rings (SSSR count). The summed E-state index contributed by atoms with van der Waals surface area (Å²) in [6.07, 6.45) is 0. The van der Waals surface area contributed by atoms with Gasteiger partial charge in [0.1, 0.15) is 22.1 Å². The molecule has 0 saturated heterocycles. The Morgan fingerprint density at radius 1 is 0.246 bits per heavy atom. The monoisotopic (exact) mass is 930 g/mol. The van der Waals surface area contributed by atoms with Crippen LogP contribution in [0.2, 0.25) is 0 Å². The molecule has 312 valence electrons. The third-order valence-corrected chi connectivity index (χ3v) is 9.65. The first-order valence-electron chi connectivity index (χ1n) is 19.9. The number of aromatic nitrogens is 4. The summed E-state index contributed by atoms with van der Waals surface area (Å²) in [5, 5.41) is 46.4. The third kappa shape index (κ3) is 9.86. The van der Waals surface area contributed by atoms with E-state index >= 15 is 0 Å². The van der Waals surface area contributed by atoms with Crippen LogP contribution < -0.4 is 20.4 Å². The van der Waals surface area contributed by atoms with E-state index in [1.807, 2.05) is 97.1 Å². The van der Waals surface area contributed by atoms with Crippen molar-refractivity contribution in [2.75, 3.05) is 0 Å². The second-order valence-electron chi connectivity index (χ2n) is 13.9. The van der Waals surface area contributed by atoms with Crippen molar-refractivity contribution in [3.05, 3.63) is 194 Å². The summed E-state index contributed by atoms with van der Waals surface area (Å²) in [6, 6.07) is 56.7. The Kier molecular flexibility index (Phi) is 13.2. The van der Waals surface area contributed by atoms with Gasteiger partial charge >= 0.3 is 26.2 Å². The fraction of sp³-hybridized carbons (Fsp3) is 0. The standard InChI is InChI=1S/4C13H9NO2.Zr/c4*15-11-7-3-1-5-9(11)13-14-10-6-2-4-8-12(10)16-13;/h4*1-8,15H;/q;;;;+4/p-4. The van der Waals surface area contributed by atoms with Gasteiger partial charge in [-0.1, -0.05) is 169 Å². The molecule has 0 aliphatic rings. The van der Waals surface area contributed by atoms with E-state index in [2.05, 4.69) is 19.9 Å². The molecule has 0 aliphatic carbocycles. The Hall–Kier alpha value is -8.28. The van der Waals surface area contributed by atoms with Gasteiger partial charge in [0.05, 0.1) is 0 Å². The van der Waals surface area contributed by atoms with Gasteiger partial charge < -0.3 is 38.1 Å². The van der Waals surface area contributed by atoms with Crippen molar-refractivity contribution in [3.8, 4) is 68.8 Å². The number of para-hydroxylation sites is 12. The summed E-state index contributed by atoms with van der Waals surface area (Å²) in [5.74, 6) is 1.23. The van der Waals surface area contributed by atoms with Gasteiger partial charge in [-0.25, -0.2) is 19.9 Å². The van der Waals surface area contributed by atoms with E-state index < -0.39 is 0 Å². The fourth-order valence-electron chi connectivity index (χ4n) is 6.52. The molecule has 0 unspecified atom stereocenters. The number of benzene rings is 8. The second kappa shape index (κ2) is 19.8. The van der Waals surface area contributed by atoms with Gasteiger partial charge in [-0.3, -0.25) is 0 Å². The minimum atomic E-state index is -0.0749. The van der Waals surface area contributed by atoms with E-state index in [1.165, 1.54) is 24.3 Å². The van der Waals surface area contributed by atoms with E-state index in [1.54, 1.807) is 72.8 Å². The molecular weight excluding hydrogens is 900 g/mol. The first-order valence-corrected chi connectivity index (χ1v) is 19.9. The van der Waals surface area contributed by atoms with E-state index in [9.17, 15) is 20.4 Å². The summed E-state index contributed by atoms with van der Waals surface area (Å²) in [6.45, 7) is 0. The van der Waals surface area contributed by atoms with Crippen molar-refractivity contribution >= 4 is 44.4 Å². The second-order valence-corrected chi connectivity index (χ2v) is 13.9. The van der Waals surface area contributed by atoms with Crippen molar-refractivity contribution in [1.82, 2.24) is 19.9 Å². The van der Waals surface area contributed by atoms with Crippen LogP contribution >= 0.6 is 0 Å². The Morgan fingerprint density at radius 2 is 0.431 bits per heavy atom. The summed E-state index contributed by atoms with van der Waals surface area (Å²) >= 11 is 0. The zero-order valence-corrected chi connectivity index (χ0v) is 36.5. The van der Waals surface area contributed by atoms with E-state index in [-0.39, 0.29) is 49.2 Å². The van der Waals surface area contributed by atoms with E-state index in [0.717, 1.165) is 22.1 Å². The van der Waals surface area contributed by atoms with Gasteiger partial charge in [-0.15, -0.1) is 0 Å². The summed E-state index contributed by atoms with van der Waals surface area (Å²) in [4.78, 5) is 17.1. The molecular formula is C52H32N4O8Zr. The quantitative estimate of drug-likeness (QED) is 0.162. The minimum absolute atomic E-state index is 0. The maximum Gasteiger partial charge on any atom is 4.00 e. The molecule has 0 spiro atoms. The molecule has 12 aromatic rings. The van der Waals surface area contributed by atoms with Gasteiger partial charge in [-0.2, -0.15) is 0 Å². The first-order chi connectivity index (χ1) is 31.4. The molecule has 65 heavy (non-hydrogen) atoms. The summed E-state index contributed by atoms with van der Waals surface area (Å²) < 4.78 is 22.1. The predicted molar refractivity (Wildman–Crippen MR) is 236 cm³/mol. The van der Waals surface area contributed by atoms with Gasteiger partial charge in [0, 0.05) is 22.3 Å². The van der Waals surface area contributed by atoms with Crippen molar-refractivity contribution in [2.24, 2.45) is 0 Å². The van der Waals surface area contributed by atoms with Crippen LogP contribution in [0.3, 0.4) is 0 Å². The molecule has 0 saturated carbocycles. The van der Waals surface area contributed by atoms with E-state index in [0.29, 0.717) is 68.1 Å². The molecule has 4 aromatic heterocycles. The number of hydrogen-bond acceptors (Lipinski definition) is 12. The Morgan fingerprint density at radius 3 is 0.631 bits per heavy atom. The van der Waals surface area contributed by atoms with Gasteiger partial charge in [0.2, 0.25) is 23.6 Å². The van der Waals surface area contributed by atoms with Gasteiger partial charge in [0.15, 0.2) is 22.3 Å². The zero-order chi connectivity index (χ0) is 43.8. The molecule has 0 bridgehead atoms. The molecule has 0 atom stereocenters. The molecule has 13 heteroatoms. The third-order valence-electron chi connectivity index (χ3n) is 9.65. The Balaban J connectivity index is 0.000000118. The molecule has 0 aliphatic heterocycles. The van der Waals surface area contributed by atoms with Gasteiger partial charge in [-0.05, 0) is 48.5 Å². The van der Waals surface area contributed by atoms with Crippen LogP contribution in [0.25, 0.3) is 90.2 Å². The van der Waals surface area contributed by atoms with Gasteiger partial charge in [0.25, 0.3) is 0 Å². The van der Waals surface area contributed by atoms with E-state index in [4.69, 9.17) is 17.7 Å². The number of rotatable bonds is 4. The molecule has 0 amide bonds. The van der Waals surface area contributed by atoms with Crippen molar-refractivity contribution < 1.29 is 64.3 Å². The fourth-order valence-corrected chi connectivity index (χ4v) is 6.52. The number of fused-ring (bicyclic) bond motifs is 4. The molecule has 0 fully saturated rings. The Bertz CT molecular complexity index is 2910. The van der Waals surface area contributed by atoms with Crippen molar-refractivity contribution in [3.63, 3.8) is 0 Å². The van der Waals surface area contributed by atoms with Crippen LogP contribution in [0.4, 0.5) is 0 Å². The van der Waals surface area contributed by atoms with Crippen LogP contribution in [0.1, 0.15) is 0 Å². The number of hydrogen-bond donors (Lipinski definition) is 0. The minimum Gasteiger partial charge on any atom is -0.872 e. The number of oxazole rings is 4. The largest absolute Gasteiger partial charge is 4.00 e. The maximum absolute atomic E-state index is 11.6. The molecule has 8 aromatic carbocycles. The average molecular weight is 932 g/mol. The van der Waals surface area contributed by atoms with Crippen LogP contribution in [0.15, 0.2) is 212 Å². The molecule has 12 nitrogen and oxygen atoms in total. The van der Waals surface area contributed by atoms with Crippen molar-refractivity contribution in [1.29, 1.82) is 0 Å². The normalized spacial score (nSPS) is 10.6. The smallest absolute Gasteiger partial charge is 0.872 e. The van der Waals surface area contributed by atoms with Crippen LogP contribution in [-0.4, -0.2) is 19.9 Å². The van der Waals surface area contributed by atoms with Crippen LogP contribution in [0, 0.1) is 0 Å². The summed E-state index contributed by atoms with van der Waals surface area (Å²) in [5.41, 5.74) is 7.83. The average Bonchev–Trinajstić information content (AvgIpc) is 4.15. The topological polar surface area (TPSA) is 196 Å². The zero-order valence-electron chi connectivity index (χ0n) is 34.0. The molecule has 4 heterocycles. The maximum atomic E-state index is 11.6.